The molecule has 1 saturated carbocycles. The fourth-order valence-electron chi connectivity index (χ4n) is 1.87. The Kier molecular flexibility index (Phi) is 4.19. The van der Waals surface area contributed by atoms with Crippen molar-refractivity contribution in [1.29, 1.82) is 0 Å². The van der Waals surface area contributed by atoms with Gasteiger partial charge >= 0.3 is 5.97 Å². The van der Waals surface area contributed by atoms with E-state index in [-0.39, 0.29) is 11.5 Å². The van der Waals surface area contributed by atoms with Gasteiger partial charge in [0.15, 0.2) is 0 Å². The zero-order valence-electron chi connectivity index (χ0n) is 11.0. The number of hydrogen-bond acceptors (Lipinski definition) is 4. The molecule has 6 nitrogen and oxygen atoms in total. The molecular weight excluding hydrogens is 246 g/mol. The van der Waals surface area contributed by atoms with E-state index in [9.17, 15) is 9.59 Å². The zero-order valence-corrected chi connectivity index (χ0v) is 11.0. The lowest BCUT2D eigenvalue weighted by Crippen LogP contribution is -2.15. The number of carboxylic acids is 1. The fourth-order valence-corrected chi connectivity index (χ4v) is 1.87. The topological polar surface area (TPSA) is 95.1 Å². The van der Waals surface area contributed by atoms with Crippen molar-refractivity contribution in [2.45, 2.75) is 38.5 Å². The smallest absolute Gasteiger partial charge is 0.306 e. The van der Waals surface area contributed by atoms with E-state index in [2.05, 4.69) is 15.3 Å². The summed E-state index contributed by atoms with van der Waals surface area (Å²) in [5.41, 5.74) is -0.140. The molecule has 104 valence electrons. The summed E-state index contributed by atoms with van der Waals surface area (Å²) >= 11 is 0. The Morgan fingerprint density at radius 1 is 1.63 bits per heavy atom. The van der Waals surface area contributed by atoms with Gasteiger partial charge in [0.2, 0.25) is 0 Å². The van der Waals surface area contributed by atoms with E-state index in [1.807, 2.05) is 0 Å². The minimum Gasteiger partial charge on any atom is -0.481 e. The Bertz CT molecular complexity index is 508. The van der Waals surface area contributed by atoms with E-state index in [0.717, 1.165) is 25.1 Å². The third-order valence-corrected chi connectivity index (χ3v) is 3.27. The first kappa shape index (κ1) is 13.6. The molecule has 0 aromatic carbocycles. The van der Waals surface area contributed by atoms with Crippen LogP contribution < -0.4 is 10.9 Å². The van der Waals surface area contributed by atoms with Crippen LogP contribution in [0.1, 0.15) is 44.3 Å². The van der Waals surface area contributed by atoms with Crippen molar-refractivity contribution in [3.8, 4) is 0 Å². The van der Waals surface area contributed by atoms with Crippen molar-refractivity contribution in [2.24, 2.45) is 5.92 Å². The van der Waals surface area contributed by atoms with Gasteiger partial charge in [0.25, 0.3) is 5.56 Å². The lowest BCUT2D eigenvalue weighted by molar-refractivity contribution is -0.141. The van der Waals surface area contributed by atoms with Crippen LogP contribution in [0.4, 0.5) is 5.82 Å². The van der Waals surface area contributed by atoms with Crippen LogP contribution in [-0.2, 0) is 4.79 Å². The lowest BCUT2D eigenvalue weighted by atomic mass is 10.1. The molecule has 3 N–H and O–H groups in total. The largest absolute Gasteiger partial charge is 0.481 e. The predicted octanol–water partition coefficient (Wildman–Crippen LogP) is 1.56. The highest BCUT2D eigenvalue weighted by Gasteiger charge is 2.26. The minimum absolute atomic E-state index is 0.140. The average Bonchev–Trinajstić information content (AvgIpc) is 3.17. The van der Waals surface area contributed by atoms with Gasteiger partial charge in [-0.05, 0) is 25.7 Å². The van der Waals surface area contributed by atoms with E-state index in [0.29, 0.717) is 24.7 Å². The summed E-state index contributed by atoms with van der Waals surface area (Å²) < 4.78 is 0. The standard InChI is InChI=1S/C13H19N3O3/c1-8(13(18)19)3-2-6-14-10-7-11(17)16-12(15-10)9-4-5-9/h7-9H,2-6H2,1H3,(H,18,19)(H2,14,15,16,17). The monoisotopic (exact) mass is 265 g/mol. The molecule has 0 aliphatic heterocycles. The molecule has 1 atom stereocenters. The molecule has 19 heavy (non-hydrogen) atoms. The molecule has 1 aromatic rings. The van der Waals surface area contributed by atoms with Crippen molar-refractivity contribution in [2.75, 3.05) is 11.9 Å². The molecule has 0 bridgehead atoms. The van der Waals surface area contributed by atoms with Crippen LogP contribution in [0.15, 0.2) is 10.9 Å². The molecule has 1 aromatic heterocycles. The number of nitrogens with one attached hydrogen (secondary N) is 2. The second-order valence-electron chi connectivity index (χ2n) is 5.10. The lowest BCUT2D eigenvalue weighted by Gasteiger charge is -2.08. The summed E-state index contributed by atoms with van der Waals surface area (Å²) in [6, 6.07) is 1.44. The molecule has 1 unspecified atom stereocenters. The van der Waals surface area contributed by atoms with E-state index in [1.54, 1.807) is 6.92 Å². The Hall–Kier alpha value is -1.85. The van der Waals surface area contributed by atoms with Crippen LogP contribution in [0, 0.1) is 5.92 Å². The molecule has 1 aliphatic carbocycles. The molecule has 0 spiro atoms. The molecule has 0 radical (unpaired) electrons. The number of anilines is 1. The van der Waals surface area contributed by atoms with Gasteiger partial charge < -0.3 is 15.4 Å². The number of nitrogens with zero attached hydrogens (tertiary/aromatic N) is 1. The summed E-state index contributed by atoms with van der Waals surface area (Å²) in [6.45, 7) is 2.32. The van der Waals surface area contributed by atoms with Crippen molar-refractivity contribution in [1.82, 2.24) is 9.97 Å². The number of rotatable bonds is 7. The Balaban J connectivity index is 1.82. The second-order valence-corrected chi connectivity index (χ2v) is 5.10. The van der Waals surface area contributed by atoms with Crippen molar-refractivity contribution < 1.29 is 9.90 Å². The van der Waals surface area contributed by atoms with Crippen molar-refractivity contribution in [3.63, 3.8) is 0 Å². The first-order valence-corrected chi connectivity index (χ1v) is 6.64. The van der Waals surface area contributed by atoms with Crippen LogP contribution in [0.2, 0.25) is 0 Å². The summed E-state index contributed by atoms with van der Waals surface area (Å²) in [4.78, 5) is 29.2. The van der Waals surface area contributed by atoms with Crippen molar-refractivity contribution in [3.05, 3.63) is 22.2 Å². The molecular formula is C13H19N3O3. The number of aromatic nitrogens is 2. The molecule has 6 heteroatoms. The molecule has 0 amide bonds. The maximum atomic E-state index is 11.5. The van der Waals surface area contributed by atoms with Crippen LogP contribution in [0.5, 0.6) is 0 Å². The Morgan fingerprint density at radius 3 is 3.00 bits per heavy atom. The molecule has 2 rings (SSSR count). The van der Waals surface area contributed by atoms with Crippen LogP contribution in [-0.4, -0.2) is 27.6 Å². The minimum atomic E-state index is -0.773. The number of carbonyl (C=O) groups is 1. The van der Waals surface area contributed by atoms with Gasteiger partial charge in [-0.25, -0.2) is 4.98 Å². The fraction of sp³-hybridized carbons (Fsp3) is 0.615. The third kappa shape index (κ3) is 4.08. The maximum Gasteiger partial charge on any atom is 0.306 e. The van der Waals surface area contributed by atoms with Crippen LogP contribution >= 0.6 is 0 Å². The number of aromatic amines is 1. The summed E-state index contributed by atoms with van der Waals surface area (Å²) in [5, 5.41) is 11.8. The van der Waals surface area contributed by atoms with Crippen molar-refractivity contribution >= 4 is 11.8 Å². The number of hydrogen-bond donors (Lipinski definition) is 3. The third-order valence-electron chi connectivity index (χ3n) is 3.27. The highest BCUT2D eigenvalue weighted by Crippen LogP contribution is 2.37. The molecule has 1 aliphatic rings. The first-order valence-electron chi connectivity index (χ1n) is 6.64. The quantitative estimate of drug-likeness (QED) is 0.650. The van der Waals surface area contributed by atoms with E-state index in [4.69, 9.17) is 5.11 Å². The summed E-state index contributed by atoms with van der Waals surface area (Å²) in [6.07, 6.45) is 3.52. The van der Waals surface area contributed by atoms with Crippen LogP contribution in [0.3, 0.4) is 0 Å². The maximum absolute atomic E-state index is 11.5. The number of carboxylic acid groups (broad SMARTS) is 1. The SMILES string of the molecule is CC(CCCNc1cc(=O)[nH]c(C2CC2)n1)C(=O)O. The van der Waals surface area contributed by atoms with E-state index in [1.165, 1.54) is 6.07 Å². The summed E-state index contributed by atoms with van der Waals surface area (Å²) in [7, 11) is 0. The van der Waals surface area contributed by atoms with E-state index < -0.39 is 5.97 Å². The van der Waals surface area contributed by atoms with Crippen LogP contribution in [0.25, 0.3) is 0 Å². The molecule has 1 fully saturated rings. The molecule has 0 saturated heterocycles. The van der Waals surface area contributed by atoms with Gasteiger partial charge in [0.1, 0.15) is 11.6 Å². The molecule has 1 heterocycles. The predicted molar refractivity (Wildman–Crippen MR) is 71.4 cm³/mol. The van der Waals surface area contributed by atoms with Gasteiger partial charge in [-0.15, -0.1) is 0 Å². The summed E-state index contributed by atoms with van der Waals surface area (Å²) in [5.74, 6) is 0.630. The van der Waals surface area contributed by atoms with Gasteiger partial charge in [0, 0.05) is 18.5 Å². The highest BCUT2D eigenvalue weighted by molar-refractivity contribution is 5.69. The number of aliphatic carboxylic acids is 1. The van der Waals surface area contributed by atoms with E-state index >= 15 is 0 Å². The number of H-pyrrole nitrogens is 1. The second kappa shape index (κ2) is 5.86. The van der Waals surface area contributed by atoms with Gasteiger partial charge in [-0.3, -0.25) is 9.59 Å². The Morgan fingerprint density at radius 2 is 2.37 bits per heavy atom. The van der Waals surface area contributed by atoms with Gasteiger partial charge in [-0.1, -0.05) is 6.92 Å². The zero-order chi connectivity index (χ0) is 13.8. The average molecular weight is 265 g/mol. The Labute approximate surface area is 111 Å². The first-order chi connectivity index (χ1) is 9.06. The van der Waals surface area contributed by atoms with Gasteiger partial charge in [0.05, 0.1) is 5.92 Å². The normalized spacial score (nSPS) is 16.1. The highest BCUT2D eigenvalue weighted by atomic mass is 16.4. The van der Waals surface area contributed by atoms with Gasteiger partial charge in [-0.2, -0.15) is 0 Å².